The number of ketones is 4. The van der Waals surface area contributed by atoms with E-state index in [0.717, 1.165) is 66.9 Å². The van der Waals surface area contributed by atoms with Crippen LogP contribution in [0.5, 0.6) is 0 Å². The van der Waals surface area contributed by atoms with Gasteiger partial charge in [-0.15, -0.1) is 0 Å². The van der Waals surface area contributed by atoms with Crippen LogP contribution in [0.15, 0.2) is 294 Å². The highest BCUT2D eigenvalue weighted by molar-refractivity contribution is 6.06. The Balaban J connectivity index is 0.000000635. The summed E-state index contributed by atoms with van der Waals surface area (Å²) in [7, 11) is 0. The number of carboxylic acids is 6. The van der Waals surface area contributed by atoms with E-state index < -0.39 is 148 Å². The first-order valence-corrected chi connectivity index (χ1v) is 39.2. The van der Waals surface area contributed by atoms with E-state index >= 15 is 0 Å². The van der Waals surface area contributed by atoms with Gasteiger partial charge in [-0.2, -0.15) is 0 Å². The summed E-state index contributed by atoms with van der Waals surface area (Å²) < 4.78 is 15.9. The molecule has 0 bridgehead atoms. The Kier molecular flexibility index (Phi) is 40.0. The van der Waals surface area contributed by atoms with Gasteiger partial charge in [0.2, 0.25) is 0 Å². The van der Waals surface area contributed by atoms with Crippen molar-refractivity contribution in [3.63, 3.8) is 0 Å². The molecule has 0 aromatic heterocycles. The second-order valence-electron chi connectivity index (χ2n) is 32.7. The summed E-state index contributed by atoms with van der Waals surface area (Å²) in [5.74, 6) is -13.6. The quantitative estimate of drug-likeness (QED) is 0.0134. The molecule has 23 heteroatoms. The van der Waals surface area contributed by atoms with Gasteiger partial charge >= 0.3 is 53.7 Å². The number of Topliss-reactive ketones (excluding diaryl/α,β-unsaturated/α-hetero) is 4. The van der Waals surface area contributed by atoms with E-state index in [-0.39, 0.29) is 30.5 Å². The van der Waals surface area contributed by atoms with Gasteiger partial charge in [-0.1, -0.05) is 270 Å². The van der Waals surface area contributed by atoms with Crippen LogP contribution in [-0.4, -0.2) is 137 Å². The molecule has 0 radical (unpaired) electrons. The molecule has 0 aliphatic heterocycles. The molecule has 4 unspecified atom stereocenters. The van der Waals surface area contributed by atoms with Gasteiger partial charge < -0.3 is 50.0 Å². The fraction of sp³-hybridized carbons (Fsp3) is 0.357. The molecule has 0 heterocycles. The molecule has 646 valence electrons. The van der Waals surface area contributed by atoms with Crippen molar-refractivity contribution >= 4 is 76.9 Å². The molecule has 4 aliphatic rings. The van der Waals surface area contributed by atoms with E-state index in [1.54, 1.807) is 27.7 Å². The number of hydrogen-bond acceptors (Lipinski definition) is 17. The number of hydrogen-bond donors (Lipinski definition) is 7. The van der Waals surface area contributed by atoms with E-state index in [1.807, 2.05) is 281 Å². The molecule has 0 fully saturated rings. The summed E-state index contributed by atoms with van der Waals surface area (Å²) >= 11 is 0. The highest BCUT2D eigenvalue weighted by Crippen LogP contribution is 2.45. The monoisotopic (exact) mass is 1660 g/mol. The lowest BCUT2D eigenvalue weighted by atomic mass is 9.71. The maximum absolute atomic E-state index is 13.1. The van der Waals surface area contributed by atoms with Crippen molar-refractivity contribution in [3.05, 3.63) is 294 Å². The number of esters is 3. The van der Waals surface area contributed by atoms with Crippen LogP contribution in [0.1, 0.15) is 183 Å². The maximum Gasteiger partial charge on any atom is 0.332 e. The van der Waals surface area contributed by atoms with Crippen molar-refractivity contribution in [2.24, 2.45) is 21.7 Å². The zero-order valence-corrected chi connectivity index (χ0v) is 72.8. The summed E-state index contributed by atoms with van der Waals surface area (Å²) in [6, 6.07) is 0. The molecule has 23 nitrogen and oxygen atoms in total. The fourth-order valence-corrected chi connectivity index (χ4v) is 13.5. The van der Waals surface area contributed by atoms with Gasteiger partial charge in [-0.05, 0) is 156 Å². The molecular formula is C98H116O23. The lowest BCUT2D eigenvalue weighted by Crippen LogP contribution is -2.38. The first kappa shape index (κ1) is 103. The highest BCUT2D eigenvalue weighted by atomic mass is 16.6. The lowest BCUT2D eigenvalue weighted by Gasteiger charge is -2.36. The van der Waals surface area contributed by atoms with Gasteiger partial charge in [-0.3, -0.25) is 33.6 Å². The van der Waals surface area contributed by atoms with Gasteiger partial charge in [-0.25, -0.2) is 28.8 Å². The Morgan fingerprint density at radius 3 is 0.702 bits per heavy atom. The van der Waals surface area contributed by atoms with Gasteiger partial charge in [0.15, 0.2) is 41.4 Å². The van der Waals surface area contributed by atoms with Gasteiger partial charge in [0.25, 0.3) is 0 Å². The van der Waals surface area contributed by atoms with Crippen LogP contribution in [0.2, 0.25) is 0 Å². The number of carbonyl (C=O) groups excluding carboxylic acids is 7. The maximum atomic E-state index is 13.1. The molecule has 0 saturated carbocycles. The third-order valence-electron chi connectivity index (χ3n) is 20.1. The smallest absolute Gasteiger partial charge is 0.332 e. The second kappa shape index (κ2) is 47.2. The normalized spacial score (nSPS) is 21.1. The third kappa shape index (κ3) is 34.7. The zero-order valence-electron chi connectivity index (χ0n) is 72.8. The third-order valence-corrected chi connectivity index (χ3v) is 20.1. The summed E-state index contributed by atoms with van der Waals surface area (Å²) in [5, 5.41) is 64.3. The van der Waals surface area contributed by atoms with E-state index in [1.165, 1.54) is 0 Å². The molecule has 4 atom stereocenters. The van der Waals surface area contributed by atoms with Crippen molar-refractivity contribution in [1.29, 1.82) is 0 Å². The molecule has 7 N–H and O–H groups in total. The number of ether oxygens (including phenoxy) is 3. The highest BCUT2D eigenvalue weighted by Gasteiger charge is 2.43. The van der Waals surface area contributed by atoms with Crippen LogP contribution in [0.4, 0.5) is 0 Å². The summed E-state index contributed by atoms with van der Waals surface area (Å²) in [6.07, 6.45) is 50.3. The average Bonchev–Trinajstić information content (AvgIpc) is 0.683. The largest absolute Gasteiger partial charge is 0.481 e. The van der Waals surface area contributed by atoms with Crippen LogP contribution in [0.25, 0.3) is 0 Å². The van der Waals surface area contributed by atoms with E-state index in [9.17, 15) is 82.8 Å². The minimum absolute atomic E-state index is 0.154. The number of aliphatic hydroxyl groups is 1. The second-order valence-corrected chi connectivity index (χ2v) is 32.7. The van der Waals surface area contributed by atoms with Crippen LogP contribution >= 0.6 is 0 Å². The van der Waals surface area contributed by atoms with Crippen LogP contribution in [0.3, 0.4) is 0 Å². The van der Waals surface area contributed by atoms with Crippen molar-refractivity contribution in [1.82, 2.24) is 0 Å². The van der Waals surface area contributed by atoms with Crippen LogP contribution in [0, 0.1) is 21.7 Å². The molecular weight excluding hydrogens is 1550 g/mol. The Morgan fingerprint density at radius 1 is 0.306 bits per heavy atom. The van der Waals surface area contributed by atoms with Crippen molar-refractivity contribution in [2.75, 3.05) is 0 Å². The molecule has 0 aromatic carbocycles. The molecule has 121 heavy (non-hydrogen) atoms. The zero-order chi connectivity index (χ0) is 91.8. The van der Waals surface area contributed by atoms with Crippen molar-refractivity contribution in [3.8, 4) is 0 Å². The average molecular weight is 1660 g/mol. The number of allylic oxidation sites excluding steroid dienone is 40. The minimum atomic E-state index is -1.57. The van der Waals surface area contributed by atoms with E-state index in [4.69, 9.17) is 29.5 Å². The predicted octanol–water partition coefficient (Wildman–Crippen LogP) is 17.9. The SMILES string of the molecule is CC1=C(/C=C/C(C)=C/C=C/C(C)=C/C=C/C=C(C)/C=C/C=C(C)/C=C/C2=C(C)C(=O)C(OC(=O)/C=C(/CC(=O)O)C(=O)O)CC2(C)C)C(C)(C)CC(O)C1=O.CC1=C(/C=C/C(C)=C/C=C/C(C)=C/C=C/C=C(C)/C=C/C=C(C)/C=C/C2=C(C)C(=O)C(OC(=O)/C=C(/CC(=O)O)C(=O)O)CC2(C)C)C(C)(C)CC(OC(=O)/C=C(/CC(=O)O)C(=O)O)C1=O. The Morgan fingerprint density at radius 2 is 0.496 bits per heavy atom. The fourth-order valence-electron chi connectivity index (χ4n) is 13.5. The molecule has 4 aliphatic carbocycles. The first-order valence-electron chi connectivity index (χ1n) is 39.2. The van der Waals surface area contributed by atoms with Crippen LogP contribution < -0.4 is 0 Å². The lowest BCUT2D eigenvalue weighted by molar-refractivity contribution is -0.151. The first-order chi connectivity index (χ1) is 56.2. The molecule has 0 aromatic rings. The Labute approximate surface area is 709 Å². The number of carboxylic acid groups (broad SMARTS) is 6. The number of carbonyl (C=O) groups is 13. The number of aliphatic carboxylic acids is 6. The summed E-state index contributed by atoms with van der Waals surface area (Å²) in [5.41, 5.74) is 9.20. The molecule has 4 rings (SSSR count). The number of aliphatic hydroxyl groups excluding tert-OH is 1. The minimum Gasteiger partial charge on any atom is -0.481 e. The molecule has 0 saturated heterocycles. The van der Waals surface area contributed by atoms with Gasteiger partial charge in [0.05, 0.1) is 36.0 Å². The van der Waals surface area contributed by atoms with E-state index in [2.05, 4.69) is 0 Å². The standard InChI is InChI=1S/C52H60O14.C46H56O9/c1-31(17-13-19-33(3)21-23-39-35(5)47(59)41(29-51(39,7)8)65-45(57)27-37(49(61)62)25-43(53)54)15-11-12-16-32(2)18-14-20-34(4)22-24-40-36(6)48(60)42(30-52(40,9)10)66-46(58)28-38(50(63)64)26-44(55)56;1-29(17-13-19-31(3)21-23-36-33(5)42(51)38(47)27-45(36,7)8)15-11-12-16-30(2)18-14-20-32(4)22-24-37-34(6)43(52)39(28-46(37,9)10)55-41(50)26-35(44(53)54)25-40(48)49/h11-24,27-28,41-42H,25-26,29-30H2,1-10H3,(H,53,54)(H,55,56)(H,61,62)(H,63,64);11-24,26,38-39,47H,25,27-28H2,1-10H3,(H,48,49)(H,53,54)/b12-11+,17-13+,18-14+,23-21+,24-22+,31-15+,32-16+,33-19+,34-20+,37-27-,38-28-;12-11+,17-13+,18-14+,23-21+,24-22+,29-15+,30-16+,31-19+,32-20+,35-26-. The van der Waals surface area contributed by atoms with Crippen molar-refractivity contribution < 1.29 is 112 Å². The predicted molar refractivity (Wildman–Crippen MR) is 465 cm³/mol. The Bertz CT molecular complexity index is 4770. The number of rotatable bonds is 35. The summed E-state index contributed by atoms with van der Waals surface area (Å²) in [6.45, 7) is 38.0. The topological polar surface area (TPSA) is 391 Å². The van der Waals surface area contributed by atoms with E-state index in [0.29, 0.717) is 46.9 Å². The van der Waals surface area contributed by atoms with Crippen LogP contribution in [-0.2, 0) is 76.5 Å². The Hall–Kier alpha value is -12.6. The van der Waals surface area contributed by atoms with Gasteiger partial charge in [0, 0.05) is 37.5 Å². The van der Waals surface area contributed by atoms with Crippen molar-refractivity contribution in [2.45, 2.75) is 208 Å². The van der Waals surface area contributed by atoms with Gasteiger partial charge in [0.1, 0.15) is 6.10 Å². The molecule has 0 spiro atoms. The molecule has 0 amide bonds. The summed E-state index contributed by atoms with van der Waals surface area (Å²) in [4.78, 5) is 156.